The molecule has 0 aromatic carbocycles. The Labute approximate surface area is 98.1 Å². The first-order chi connectivity index (χ1) is 7.26. The third-order valence-electron chi connectivity index (χ3n) is 2.99. The van der Waals surface area contributed by atoms with E-state index in [2.05, 4.69) is 13.8 Å². The molecule has 16 heavy (non-hydrogen) atoms. The minimum absolute atomic E-state index is 0.0370. The highest BCUT2D eigenvalue weighted by molar-refractivity contribution is 7.86. The largest absolute Gasteiger partial charge is 0.393 e. The van der Waals surface area contributed by atoms with E-state index in [1.807, 2.05) is 0 Å². The van der Waals surface area contributed by atoms with Crippen LogP contribution in [0.2, 0.25) is 0 Å². The van der Waals surface area contributed by atoms with Gasteiger partial charge in [0.15, 0.2) is 0 Å². The Morgan fingerprint density at radius 1 is 1.06 bits per heavy atom. The molecule has 2 aliphatic rings. The van der Waals surface area contributed by atoms with E-state index in [9.17, 15) is 8.42 Å². The summed E-state index contributed by atoms with van der Waals surface area (Å²) in [6.07, 6.45) is 4.92. The first-order valence-electron chi connectivity index (χ1n) is 5.82. The lowest BCUT2D eigenvalue weighted by molar-refractivity contribution is 0.0513. The van der Waals surface area contributed by atoms with Gasteiger partial charge in [0.25, 0.3) is 10.1 Å². The van der Waals surface area contributed by atoms with Crippen LogP contribution in [0.4, 0.5) is 0 Å². The molecule has 0 atom stereocenters. The molecule has 0 bridgehead atoms. The van der Waals surface area contributed by atoms with Crippen molar-refractivity contribution in [3.8, 4) is 0 Å². The fraction of sp³-hybridized carbons (Fsp3) is 1.00. The Kier molecular flexibility index (Phi) is 4.76. The molecule has 1 N–H and O–H groups in total. The van der Waals surface area contributed by atoms with Crippen LogP contribution in [0.15, 0.2) is 0 Å². The van der Waals surface area contributed by atoms with E-state index in [1.54, 1.807) is 0 Å². The molecule has 2 rings (SSSR count). The summed E-state index contributed by atoms with van der Waals surface area (Å²) in [7, 11) is -3.21. The number of rotatable bonds is 2. The molecule has 4 nitrogen and oxygen atoms in total. The van der Waals surface area contributed by atoms with E-state index in [0.717, 1.165) is 37.9 Å². The Morgan fingerprint density at radius 3 is 1.69 bits per heavy atom. The topological polar surface area (TPSA) is 63.6 Å². The van der Waals surface area contributed by atoms with Crippen molar-refractivity contribution in [1.82, 2.24) is 0 Å². The summed E-state index contributed by atoms with van der Waals surface area (Å²) in [4.78, 5) is 0. The molecule has 0 unspecified atom stereocenters. The third kappa shape index (κ3) is 5.27. The van der Waals surface area contributed by atoms with E-state index < -0.39 is 10.1 Å². The Hall–Kier alpha value is -0.130. The average molecular weight is 250 g/mol. The van der Waals surface area contributed by atoms with Gasteiger partial charge in [-0.25, -0.2) is 0 Å². The molecule has 2 saturated carbocycles. The highest BCUT2D eigenvalue weighted by Gasteiger charge is 2.28. The molecule has 2 fully saturated rings. The van der Waals surface area contributed by atoms with Crippen molar-refractivity contribution in [1.29, 1.82) is 0 Å². The van der Waals surface area contributed by atoms with Crippen molar-refractivity contribution < 1.29 is 17.7 Å². The van der Waals surface area contributed by atoms with Crippen LogP contribution in [0.25, 0.3) is 0 Å². The zero-order chi connectivity index (χ0) is 12.3. The number of hydrogen-bond donors (Lipinski definition) is 1. The van der Waals surface area contributed by atoms with Gasteiger partial charge in [-0.1, -0.05) is 13.8 Å². The van der Waals surface area contributed by atoms with E-state index >= 15 is 0 Å². The van der Waals surface area contributed by atoms with Crippen LogP contribution in [0.1, 0.15) is 39.5 Å². The zero-order valence-electron chi connectivity index (χ0n) is 10.2. The van der Waals surface area contributed by atoms with E-state index in [-0.39, 0.29) is 12.2 Å². The molecule has 5 heteroatoms. The van der Waals surface area contributed by atoms with Crippen molar-refractivity contribution in [2.24, 2.45) is 11.8 Å². The van der Waals surface area contributed by atoms with Crippen LogP contribution in [0.5, 0.6) is 0 Å². The van der Waals surface area contributed by atoms with Gasteiger partial charge < -0.3 is 5.11 Å². The van der Waals surface area contributed by atoms with Gasteiger partial charge in [-0.3, -0.25) is 4.18 Å². The summed E-state index contributed by atoms with van der Waals surface area (Å²) < 4.78 is 25.8. The summed E-state index contributed by atoms with van der Waals surface area (Å²) >= 11 is 0. The lowest BCUT2D eigenvalue weighted by Crippen LogP contribution is -2.31. The van der Waals surface area contributed by atoms with E-state index in [1.165, 1.54) is 0 Å². The Morgan fingerprint density at radius 2 is 1.50 bits per heavy atom. The van der Waals surface area contributed by atoms with Gasteiger partial charge in [0.2, 0.25) is 0 Å². The summed E-state index contributed by atoms with van der Waals surface area (Å²) in [6.45, 7) is 4.24. The second-order valence-corrected chi connectivity index (χ2v) is 6.83. The first-order valence-corrected chi connectivity index (χ1v) is 7.64. The minimum atomic E-state index is -3.21. The Balaban J connectivity index is 0.000000181. The lowest BCUT2D eigenvalue weighted by atomic mass is 9.84. The summed E-state index contributed by atoms with van der Waals surface area (Å²) in [5.41, 5.74) is 0. The molecular weight excluding hydrogens is 228 g/mol. The van der Waals surface area contributed by atoms with E-state index in [4.69, 9.17) is 9.29 Å². The van der Waals surface area contributed by atoms with Gasteiger partial charge in [-0.2, -0.15) is 8.42 Å². The van der Waals surface area contributed by atoms with E-state index in [0.29, 0.717) is 5.92 Å². The highest BCUT2D eigenvalue weighted by atomic mass is 32.2. The number of aliphatic hydroxyl groups is 1. The number of aliphatic hydroxyl groups excluding tert-OH is 1. The van der Waals surface area contributed by atoms with Gasteiger partial charge in [-0.05, 0) is 37.5 Å². The second-order valence-electron chi connectivity index (χ2n) is 5.23. The Bertz CT molecular complexity index is 294. The molecule has 0 heterocycles. The quantitative estimate of drug-likeness (QED) is 0.755. The van der Waals surface area contributed by atoms with Crippen LogP contribution >= 0.6 is 0 Å². The molecule has 0 aliphatic heterocycles. The number of hydrogen-bond acceptors (Lipinski definition) is 4. The van der Waals surface area contributed by atoms with Gasteiger partial charge in [0.1, 0.15) is 0 Å². The first kappa shape index (κ1) is 13.9. The van der Waals surface area contributed by atoms with Crippen LogP contribution in [-0.2, 0) is 14.3 Å². The predicted octanol–water partition coefficient (Wildman–Crippen LogP) is 1.54. The van der Waals surface area contributed by atoms with Crippen molar-refractivity contribution in [2.75, 3.05) is 6.26 Å². The molecule has 0 amide bonds. The predicted molar refractivity (Wildman–Crippen MR) is 62.5 cm³/mol. The van der Waals surface area contributed by atoms with Crippen LogP contribution in [0.3, 0.4) is 0 Å². The van der Waals surface area contributed by atoms with Gasteiger partial charge in [-0.15, -0.1) is 0 Å². The normalized spacial score (nSPS) is 37.8. The summed E-state index contributed by atoms with van der Waals surface area (Å²) in [6, 6.07) is 0. The van der Waals surface area contributed by atoms with Gasteiger partial charge in [0.05, 0.1) is 18.5 Å². The average Bonchev–Trinajstić information content (AvgIpc) is 1.98. The SMILES string of the molecule is CC1CC(O)C1.CC1CC(OS(C)(=O)=O)C1. The molecule has 2 aliphatic carbocycles. The standard InChI is InChI=1S/C6H12O3S.C5H10O/c1-5-3-6(4-5)9-10(2,7)8;1-4-2-5(6)3-4/h5-6H,3-4H2,1-2H3;4-6H,2-3H2,1H3. The monoisotopic (exact) mass is 250 g/mol. The maximum atomic E-state index is 10.5. The van der Waals surface area contributed by atoms with Crippen LogP contribution < -0.4 is 0 Å². The van der Waals surface area contributed by atoms with Gasteiger partial charge in [0, 0.05) is 0 Å². The fourth-order valence-corrected chi connectivity index (χ4v) is 2.67. The molecule has 0 saturated heterocycles. The fourth-order valence-electron chi connectivity index (χ4n) is 2.01. The van der Waals surface area contributed by atoms with Crippen LogP contribution in [-0.4, -0.2) is 32.0 Å². The smallest absolute Gasteiger partial charge is 0.264 e. The second kappa shape index (κ2) is 5.47. The van der Waals surface area contributed by atoms with Crippen molar-refractivity contribution in [3.05, 3.63) is 0 Å². The molecule has 0 spiro atoms. The lowest BCUT2D eigenvalue weighted by Gasteiger charge is -2.30. The third-order valence-corrected chi connectivity index (χ3v) is 3.61. The van der Waals surface area contributed by atoms with Gasteiger partial charge >= 0.3 is 0 Å². The molecule has 96 valence electrons. The summed E-state index contributed by atoms with van der Waals surface area (Å²) in [5, 5.41) is 8.62. The maximum absolute atomic E-state index is 10.5. The molecule has 0 aromatic rings. The molecule has 0 radical (unpaired) electrons. The van der Waals surface area contributed by atoms with Crippen molar-refractivity contribution in [2.45, 2.75) is 51.7 Å². The maximum Gasteiger partial charge on any atom is 0.264 e. The van der Waals surface area contributed by atoms with Crippen molar-refractivity contribution in [3.63, 3.8) is 0 Å². The molecular formula is C11H22O4S. The van der Waals surface area contributed by atoms with Crippen molar-refractivity contribution >= 4 is 10.1 Å². The zero-order valence-corrected chi connectivity index (χ0v) is 11.0. The minimum Gasteiger partial charge on any atom is -0.393 e. The van der Waals surface area contributed by atoms with Crippen LogP contribution in [0, 0.1) is 11.8 Å². The highest BCUT2D eigenvalue weighted by Crippen LogP contribution is 2.29. The molecule has 0 aromatic heterocycles. The summed E-state index contributed by atoms with van der Waals surface area (Å²) in [5.74, 6) is 1.42.